The number of rotatable bonds is 7. The molecule has 0 spiro atoms. The van der Waals surface area contributed by atoms with E-state index in [2.05, 4.69) is 10.1 Å². The number of benzene rings is 1. The molecule has 1 aromatic carbocycles. The molecule has 0 heterocycles. The number of carboxylic acid groups (broad SMARTS) is 1. The van der Waals surface area contributed by atoms with Crippen LogP contribution in [-0.2, 0) is 4.79 Å². The van der Waals surface area contributed by atoms with Gasteiger partial charge in [0.1, 0.15) is 11.6 Å². The average molecular weight is 319 g/mol. The Balaban J connectivity index is 2.75. The number of hydrogen-bond donors (Lipinski definition) is 2. The molecule has 22 heavy (non-hydrogen) atoms. The Kier molecular flexibility index (Phi) is 5.78. The van der Waals surface area contributed by atoms with E-state index in [0.29, 0.717) is 6.07 Å². The van der Waals surface area contributed by atoms with Gasteiger partial charge >= 0.3 is 12.6 Å². The summed E-state index contributed by atoms with van der Waals surface area (Å²) in [6.45, 7) is -0.196. The maximum Gasteiger partial charge on any atom is 0.387 e. The average Bonchev–Trinajstić information content (AvgIpc) is 2.37. The van der Waals surface area contributed by atoms with Crippen LogP contribution in [-0.4, -0.2) is 30.1 Å². The van der Waals surface area contributed by atoms with Crippen molar-refractivity contribution in [3.8, 4) is 5.75 Å². The fourth-order valence-corrected chi connectivity index (χ4v) is 1.57. The quantitative estimate of drug-likeness (QED) is 0.810. The molecule has 2 N–H and O–H groups in total. The highest BCUT2D eigenvalue weighted by Crippen LogP contribution is 2.23. The lowest BCUT2D eigenvalue weighted by molar-refractivity contribution is -0.147. The van der Waals surface area contributed by atoms with E-state index in [9.17, 15) is 22.8 Å². The molecule has 0 unspecified atom stereocenters. The van der Waals surface area contributed by atoms with Crippen molar-refractivity contribution in [3.05, 3.63) is 29.6 Å². The van der Waals surface area contributed by atoms with Gasteiger partial charge in [-0.1, -0.05) is 0 Å². The van der Waals surface area contributed by atoms with Crippen LogP contribution >= 0.6 is 0 Å². The molecule has 1 amide bonds. The van der Waals surface area contributed by atoms with E-state index in [1.54, 1.807) is 0 Å². The number of halogens is 3. The van der Waals surface area contributed by atoms with Crippen molar-refractivity contribution < 1.29 is 32.6 Å². The lowest BCUT2D eigenvalue weighted by Crippen LogP contribution is -2.32. The van der Waals surface area contributed by atoms with Crippen molar-refractivity contribution in [2.45, 2.75) is 26.9 Å². The van der Waals surface area contributed by atoms with E-state index in [4.69, 9.17) is 5.11 Å². The minimum atomic E-state index is -3.20. The third-order valence-electron chi connectivity index (χ3n) is 3.02. The number of carboxylic acids is 1. The highest BCUT2D eigenvalue weighted by molar-refractivity contribution is 5.96. The summed E-state index contributed by atoms with van der Waals surface area (Å²) in [6.07, 6.45) is 0.139. The van der Waals surface area contributed by atoms with Crippen molar-refractivity contribution in [3.63, 3.8) is 0 Å². The van der Waals surface area contributed by atoms with Crippen molar-refractivity contribution in [2.75, 3.05) is 6.54 Å². The fourth-order valence-electron chi connectivity index (χ4n) is 1.57. The molecular weight excluding hydrogens is 303 g/mol. The molecule has 0 saturated heterocycles. The summed E-state index contributed by atoms with van der Waals surface area (Å²) in [5.41, 5.74) is -1.30. The first-order valence-corrected chi connectivity index (χ1v) is 6.39. The van der Waals surface area contributed by atoms with E-state index in [0.717, 1.165) is 12.1 Å². The number of amides is 1. The molecule has 5 nitrogen and oxygen atoms in total. The molecule has 122 valence electrons. The molecule has 0 atom stereocenters. The zero-order valence-corrected chi connectivity index (χ0v) is 12.0. The molecule has 0 aliphatic carbocycles. The van der Waals surface area contributed by atoms with Gasteiger partial charge in [0.2, 0.25) is 0 Å². The number of alkyl halides is 2. The molecule has 0 bridgehead atoms. The van der Waals surface area contributed by atoms with Gasteiger partial charge in [-0.05, 0) is 32.4 Å². The minimum Gasteiger partial charge on any atom is -0.481 e. The van der Waals surface area contributed by atoms with Crippen molar-refractivity contribution >= 4 is 11.9 Å². The molecule has 0 radical (unpaired) electrons. The van der Waals surface area contributed by atoms with Gasteiger partial charge in [-0.3, -0.25) is 9.59 Å². The highest BCUT2D eigenvalue weighted by Gasteiger charge is 2.27. The van der Waals surface area contributed by atoms with E-state index in [-0.39, 0.29) is 18.5 Å². The summed E-state index contributed by atoms with van der Waals surface area (Å²) in [7, 11) is 0. The Morgan fingerprint density at radius 1 is 1.36 bits per heavy atom. The molecule has 1 rings (SSSR count). The van der Waals surface area contributed by atoms with Gasteiger partial charge in [-0.2, -0.15) is 8.78 Å². The molecular formula is C14H16F3NO4. The number of aliphatic carboxylic acids is 1. The normalized spacial score (nSPS) is 11.4. The van der Waals surface area contributed by atoms with Crippen LogP contribution < -0.4 is 10.1 Å². The zero-order chi connectivity index (χ0) is 16.9. The van der Waals surface area contributed by atoms with Crippen molar-refractivity contribution in [1.29, 1.82) is 0 Å². The molecule has 1 aromatic rings. The van der Waals surface area contributed by atoms with E-state index in [1.165, 1.54) is 13.8 Å². The number of hydrogen-bond acceptors (Lipinski definition) is 3. The molecule has 0 fully saturated rings. The number of nitrogens with one attached hydrogen (secondary N) is 1. The number of ether oxygens (including phenoxy) is 1. The van der Waals surface area contributed by atoms with Gasteiger partial charge in [0.25, 0.3) is 5.91 Å². The topological polar surface area (TPSA) is 75.6 Å². The maximum atomic E-state index is 13.0. The Morgan fingerprint density at radius 2 is 2.00 bits per heavy atom. The number of carbonyl (C=O) groups excluding carboxylic acids is 1. The van der Waals surface area contributed by atoms with Gasteiger partial charge in [0.05, 0.1) is 11.0 Å². The van der Waals surface area contributed by atoms with E-state index >= 15 is 0 Å². The van der Waals surface area contributed by atoms with Crippen LogP contribution in [0.1, 0.15) is 30.6 Å². The van der Waals surface area contributed by atoms with Crippen LogP contribution in [0.25, 0.3) is 0 Å². The lowest BCUT2D eigenvalue weighted by atomic mass is 9.90. The zero-order valence-electron chi connectivity index (χ0n) is 12.0. The predicted molar refractivity (Wildman–Crippen MR) is 71.4 cm³/mol. The third kappa shape index (κ3) is 4.94. The van der Waals surface area contributed by atoms with Gasteiger partial charge in [0, 0.05) is 12.6 Å². The second-order valence-electron chi connectivity index (χ2n) is 5.21. The minimum absolute atomic E-state index is 0.0175. The summed E-state index contributed by atoms with van der Waals surface area (Å²) in [4.78, 5) is 22.8. The van der Waals surface area contributed by atoms with Crippen LogP contribution in [0.15, 0.2) is 18.2 Å². The van der Waals surface area contributed by atoms with E-state index < -0.39 is 35.5 Å². The monoisotopic (exact) mass is 319 g/mol. The third-order valence-corrected chi connectivity index (χ3v) is 3.02. The van der Waals surface area contributed by atoms with Crippen LogP contribution in [0.3, 0.4) is 0 Å². The first kappa shape index (κ1) is 17.8. The van der Waals surface area contributed by atoms with Crippen molar-refractivity contribution in [1.82, 2.24) is 5.32 Å². The largest absolute Gasteiger partial charge is 0.481 e. The Labute approximate surface area is 125 Å². The second-order valence-corrected chi connectivity index (χ2v) is 5.21. The summed E-state index contributed by atoms with van der Waals surface area (Å²) >= 11 is 0. The molecule has 0 aliphatic rings. The summed E-state index contributed by atoms with van der Waals surface area (Å²) < 4.78 is 41.6. The molecule has 0 aromatic heterocycles. The van der Waals surface area contributed by atoms with Gasteiger partial charge < -0.3 is 15.2 Å². The smallest absolute Gasteiger partial charge is 0.387 e. The van der Waals surface area contributed by atoms with Crippen LogP contribution in [0, 0.1) is 11.2 Å². The maximum absolute atomic E-state index is 13.0. The van der Waals surface area contributed by atoms with Gasteiger partial charge in [-0.15, -0.1) is 0 Å². The predicted octanol–water partition coefficient (Wildman–Crippen LogP) is 2.66. The SMILES string of the molecule is CC(C)(CCNC(=O)c1ccc(F)cc1OC(F)F)C(=O)O. The molecule has 8 heteroatoms. The highest BCUT2D eigenvalue weighted by atomic mass is 19.3. The van der Waals surface area contributed by atoms with E-state index in [1.807, 2.05) is 0 Å². The summed E-state index contributed by atoms with van der Waals surface area (Å²) in [5.74, 6) is -3.17. The Morgan fingerprint density at radius 3 is 2.55 bits per heavy atom. The lowest BCUT2D eigenvalue weighted by Gasteiger charge is -2.19. The Hall–Kier alpha value is -2.25. The first-order chi connectivity index (χ1) is 10.1. The second kappa shape index (κ2) is 7.15. The fraction of sp³-hybridized carbons (Fsp3) is 0.429. The summed E-state index contributed by atoms with van der Waals surface area (Å²) in [6, 6.07) is 2.64. The Bertz CT molecular complexity index is 561. The molecule has 0 aliphatic heterocycles. The summed E-state index contributed by atoms with van der Waals surface area (Å²) in [5, 5.41) is 11.3. The van der Waals surface area contributed by atoms with Crippen LogP contribution in [0.4, 0.5) is 13.2 Å². The van der Waals surface area contributed by atoms with Crippen LogP contribution in [0.2, 0.25) is 0 Å². The number of carbonyl (C=O) groups is 2. The molecule has 0 saturated carbocycles. The van der Waals surface area contributed by atoms with Crippen molar-refractivity contribution in [2.24, 2.45) is 5.41 Å². The first-order valence-electron chi connectivity index (χ1n) is 6.39. The van der Waals surface area contributed by atoms with Gasteiger partial charge in [0.15, 0.2) is 0 Å². The van der Waals surface area contributed by atoms with Crippen LogP contribution in [0.5, 0.6) is 5.75 Å². The standard InChI is InChI=1S/C14H16F3NO4/c1-14(2,12(20)21)5-6-18-11(19)9-4-3-8(15)7-10(9)22-13(16)17/h3-4,7,13H,5-6H2,1-2H3,(H,18,19)(H,20,21). The van der Waals surface area contributed by atoms with Gasteiger partial charge in [-0.25, -0.2) is 4.39 Å².